The highest BCUT2D eigenvalue weighted by Gasteiger charge is 2.35. The highest BCUT2D eigenvalue weighted by Crippen LogP contribution is 2.24. The van der Waals surface area contributed by atoms with E-state index in [1.165, 1.54) is 0 Å². The summed E-state index contributed by atoms with van der Waals surface area (Å²) >= 11 is 0. The van der Waals surface area contributed by atoms with Crippen LogP contribution >= 0.6 is 0 Å². The molecule has 0 unspecified atom stereocenters. The molecule has 1 atom stereocenters. The Balaban J connectivity index is 1.92. The normalized spacial score (nSPS) is 22.0. The molecule has 1 heterocycles. The summed E-state index contributed by atoms with van der Waals surface area (Å²) in [6.45, 7) is 8.24. The van der Waals surface area contributed by atoms with Gasteiger partial charge in [-0.3, -0.25) is 4.79 Å². The quantitative estimate of drug-likeness (QED) is 0.866. The van der Waals surface area contributed by atoms with E-state index in [0.29, 0.717) is 6.54 Å². The summed E-state index contributed by atoms with van der Waals surface area (Å²) in [4.78, 5) is 12.2. The Morgan fingerprint density at radius 1 is 1.50 bits per heavy atom. The standard InChI is InChI=1S/C16H24N2O2/c1-12(2)20-14-6-4-5-13(9-14)10-18-15(19)16(3)7-8-17-11-16/h4-6,9,12,17H,7-8,10-11H2,1-3H3,(H,18,19)/t16-/m1/s1. The van der Waals surface area contributed by atoms with Gasteiger partial charge in [0.05, 0.1) is 11.5 Å². The van der Waals surface area contributed by atoms with Gasteiger partial charge in [-0.1, -0.05) is 12.1 Å². The predicted molar refractivity (Wildman–Crippen MR) is 79.6 cm³/mol. The molecule has 1 amide bonds. The lowest BCUT2D eigenvalue weighted by atomic mass is 9.89. The molecule has 1 aliphatic heterocycles. The molecule has 1 saturated heterocycles. The lowest BCUT2D eigenvalue weighted by Crippen LogP contribution is -2.40. The van der Waals surface area contributed by atoms with Crippen LogP contribution < -0.4 is 15.4 Å². The van der Waals surface area contributed by atoms with Crippen LogP contribution in [0, 0.1) is 5.41 Å². The summed E-state index contributed by atoms with van der Waals surface area (Å²) in [7, 11) is 0. The van der Waals surface area contributed by atoms with E-state index in [4.69, 9.17) is 4.74 Å². The average molecular weight is 276 g/mol. The fourth-order valence-electron chi connectivity index (χ4n) is 2.41. The first-order valence-electron chi connectivity index (χ1n) is 7.24. The van der Waals surface area contributed by atoms with Crippen molar-refractivity contribution in [1.29, 1.82) is 0 Å². The first-order valence-corrected chi connectivity index (χ1v) is 7.24. The molecular weight excluding hydrogens is 252 g/mol. The Morgan fingerprint density at radius 3 is 2.95 bits per heavy atom. The molecule has 0 aromatic heterocycles. The summed E-state index contributed by atoms with van der Waals surface area (Å²) in [5.74, 6) is 0.971. The van der Waals surface area contributed by atoms with Crippen molar-refractivity contribution in [3.8, 4) is 5.75 Å². The van der Waals surface area contributed by atoms with E-state index in [0.717, 1.165) is 30.8 Å². The van der Waals surface area contributed by atoms with Crippen LogP contribution in [0.25, 0.3) is 0 Å². The molecule has 0 saturated carbocycles. The molecule has 2 rings (SSSR count). The maximum absolute atomic E-state index is 12.2. The van der Waals surface area contributed by atoms with E-state index in [1.807, 2.05) is 45.0 Å². The molecule has 0 spiro atoms. The molecule has 4 heteroatoms. The highest BCUT2D eigenvalue weighted by molar-refractivity contribution is 5.82. The number of benzene rings is 1. The minimum atomic E-state index is -0.272. The molecule has 0 aliphatic carbocycles. The number of amides is 1. The maximum Gasteiger partial charge on any atom is 0.227 e. The fraction of sp³-hybridized carbons (Fsp3) is 0.562. The summed E-state index contributed by atoms with van der Waals surface area (Å²) in [6.07, 6.45) is 1.05. The zero-order chi connectivity index (χ0) is 14.6. The first kappa shape index (κ1) is 14.9. The van der Waals surface area contributed by atoms with Gasteiger partial charge in [-0.2, -0.15) is 0 Å². The van der Waals surface area contributed by atoms with Crippen molar-refractivity contribution >= 4 is 5.91 Å². The fourth-order valence-corrected chi connectivity index (χ4v) is 2.41. The van der Waals surface area contributed by atoms with E-state index in [9.17, 15) is 4.79 Å². The number of ether oxygens (including phenoxy) is 1. The first-order chi connectivity index (χ1) is 9.49. The van der Waals surface area contributed by atoms with Crippen LogP contribution in [0.3, 0.4) is 0 Å². The predicted octanol–water partition coefficient (Wildman–Crippen LogP) is 2.09. The molecule has 0 bridgehead atoms. The third-order valence-electron chi connectivity index (χ3n) is 3.64. The van der Waals surface area contributed by atoms with Gasteiger partial charge in [0.15, 0.2) is 0 Å². The van der Waals surface area contributed by atoms with E-state index >= 15 is 0 Å². The van der Waals surface area contributed by atoms with Crippen molar-refractivity contribution in [3.63, 3.8) is 0 Å². The summed E-state index contributed by atoms with van der Waals surface area (Å²) < 4.78 is 5.66. The Hall–Kier alpha value is -1.55. The molecule has 20 heavy (non-hydrogen) atoms. The van der Waals surface area contributed by atoms with Crippen molar-refractivity contribution < 1.29 is 9.53 Å². The van der Waals surface area contributed by atoms with Crippen LogP contribution in [-0.2, 0) is 11.3 Å². The number of carbonyl (C=O) groups is 1. The Kier molecular flexibility index (Phi) is 4.65. The minimum Gasteiger partial charge on any atom is -0.491 e. The number of rotatable bonds is 5. The number of hydrogen-bond acceptors (Lipinski definition) is 3. The van der Waals surface area contributed by atoms with Crippen molar-refractivity contribution in [3.05, 3.63) is 29.8 Å². The monoisotopic (exact) mass is 276 g/mol. The molecule has 0 radical (unpaired) electrons. The van der Waals surface area contributed by atoms with Gasteiger partial charge >= 0.3 is 0 Å². The van der Waals surface area contributed by atoms with Gasteiger partial charge in [-0.05, 0) is 51.4 Å². The van der Waals surface area contributed by atoms with Gasteiger partial charge in [0.1, 0.15) is 5.75 Å². The van der Waals surface area contributed by atoms with Crippen molar-refractivity contribution in [2.45, 2.75) is 39.8 Å². The second kappa shape index (κ2) is 6.27. The summed E-state index contributed by atoms with van der Waals surface area (Å²) in [5, 5.41) is 6.27. The molecule has 1 aromatic carbocycles. The minimum absolute atomic E-state index is 0.123. The van der Waals surface area contributed by atoms with E-state index < -0.39 is 0 Å². The number of carbonyl (C=O) groups excluding carboxylic acids is 1. The van der Waals surface area contributed by atoms with Crippen LogP contribution in [0.4, 0.5) is 0 Å². The molecule has 4 nitrogen and oxygen atoms in total. The topological polar surface area (TPSA) is 50.4 Å². The van der Waals surface area contributed by atoms with Gasteiger partial charge in [-0.25, -0.2) is 0 Å². The molecular formula is C16H24N2O2. The lowest BCUT2D eigenvalue weighted by Gasteiger charge is -2.21. The summed E-state index contributed by atoms with van der Waals surface area (Å²) in [5.41, 5.74) is 0.789. The maximum atomic E-state index is 12.2. The average Bonchev–Trinajstić information content (AvgIpc) is 2.84. The van der Waals surface area contributed by atoms with Crippen molar-refractivity contribution in [2.24, 2.45) is 5.41 Å². The molecule has 110 valence electrons. The van der Waals surface area contributed by atoms with Crippen LogP contribution in [-0.4, -0.2) is 25.1 Å². The van der Waals surface area contributed by atoms with Gasteiger partial charge < -0.3 is 15.4 Å². The lowest BCUT2D eigenvalue weighted by molar-refractivity contribution is -0.129. The van der Waals surface area contributed by atoms with Crippen molar-refractivity contribution in [1.82, 2.24) is 10.6 Å². The SMILES string of the molecule is CC(C)Oc1cccc(CNC(=O)[C@]2(C)CCNC2)c1. The van der Waals surface area contributed by atoms with E-state index in [-0.39, 0.29) is 17.4 Å². The Bertz CT molecular complexity index is 465. The van der Waals surface area contributed by atoms with Crippen LogP contribution in [0.5, 0.6) is 5.75 Å². The smallest absolute Gasteiger partial charge is 0.227 e. The largest absolute Gasteiger partial charge is 0.491 e. The summed E-state index contributed by atoms with van der Waals surface area (Å²) in [6, 6.07) is 7.88. The third kappa shape index (κ3) is 3.73. The number of nitrogens with one attached hydrogen (secondary N) is 2. The van der Waals surface area contributed by atoms with Crippen molar-refractivity contribution in [2.75, 3.05) is 13.1 Å². The molecule has 1 aliphatic rings. The number of hydrogen-bond donors (Lipinski definition) is 2. The van der Waals surface area contributed by atoms with E-state index in [2.05, 4.69) is 10.6 Å². The Morgan fingerprint density at radius 2 is 2.30 bits per heavy atom. The Labute approximate surface area is 120 Å². The van der Waals surface area contributed by atoms with Gasteiger partial charge in [0, 0.05) is 13.1 Å². The van der Waals surface area contributed by atoms with Crippen LogP contribution in [0.2, 0.25) is 0 Å². The van der Waals surface area contributed by atoms with Crippen LogP contribution in [0.15, 0.2) is 24.3 Å². The zero-order valence-corrected chi connectivity index (χ0v) is 12.5. The zero-order valence-electron chi connectivity index (χ0n) is 12.5. The van der Waals surface area contributed by atoms with Gasteiger partial charge in [-0.15, -0.1) is 0 Å². The second-order valence-electron chi connectivity index (χ2n) is 5.98. The van der Waals surface area contributed by atoms with Crippen LogP contribution in [0.1, 0.15) is 32.8 Å². The van der Waals surface area contributed by atoms with Gasteiger partial charge in [0.2, 0.25) is 5.91 Å². The third-order valence-corrected chi connectivity index (χ3v) is 3.64. The molecule has 1 fully saturated rings. The van der Waals surface area contributed by atoms with E-state index in [1.54, 1.807) is 0 Å². The molecule has 1 aromatic rings. The molecule has 2 N–H and O–H groups in total. The van der Waals surface area contributed by atoms with Gasteiger partial charge in [0.25, 0.3) is 0 Å². The highest BCUT2D eigenvalue weighted by atomic mass is 16.5. The second-order valence-corrected chi connectivity index (χ2v) is 5.98.